The van der Waals surface area contributed by atoms with Crippen LogP contribution in [0.25, 0.3) is 0 Å². The van der Waals surface area contributed by atoms with E-state index in [0.717, 1.165) is 17.9 Å². The van der Waals surface area contributed by atoms with E-state index in [0.29, 0.717) is 0 Å². The highest BCUT2D eigenvalue weighted by molar-refractivity contribution is 6.32. The third kappa shape index (κ3) is 2.88. The summed E-state index contributed by atoms with van der Waals surface area (Å²) >= 11 is 6.24. The van der Waals surface area contributed by atoms with Gasteiger partial charge in [0.1, 0.15) is 0 Å². The van der Waals surface area contributed by atoms with Gasteiger partial charge in [-0.2, -0.15) is 0 Å². The fourth-order valence-electron chi connectivity index (χ4n) is 1.51. The molecule has 1 aliphatic carbocycles. The van der Waals surface area contributed by atoms with Crippen molar-refractivity contribution in [3.63, 3.8) is 0 Å². The second-order valence-electron chi connectivity index (χ2n) is 3.83. The topological polar surface area (TPSA) is 0 Å². The first-order chi connectivity index (χ1) is 6.65. The molecule has 0 saturated heterocycles. The van der Waals surface area contributed by atoms with Crippen molar-refractivity contribution in [2.45, 2.75) is 33.1 Å². The molecule has 0 heterocycles. The van der Waals surface area contributed by atoms with Crippen molar-refractivity contribution in [1.29, 1.82) is 0 Å². The molecule has 14 heavy (non-hydrogen) atoms. The standard InChI is InChI=1S/C13H17Cl/c1-4-11-6-5-7-12(13(11)14)9-8-10(2)3/h4,8-9H,1,5-7H2,2-3H3/b12-9+. The maximum Gasteiger partial charge on any atom is 0.0469 e. The fraction of sp³-hybridized carbons (Fsp3) is 0.385. The van der Waals surface area contributed by atoms with Crippen molar-refractivity contribution in [2.24, 2.45) is 0 Å². The molecule has 1 rings (SSSR count). The molecule has 0 radical (unpaired) electrons. The van der Waals surface area contributed by atoms with E-state index < -0.39 is 0 Å². The van der Waals surface area contributed by atoms with Crippen molar-refractivity contribution in [1.82, 2.24) is 0 Å². The largest absolute Gasteiger partial charge is 0.0987 e. The monoisotopic (exact) mass is 208 g/mol. The van der Waals surface area contributed by atoms with Crippen LogP contribution in [0.5, 0.6) is 0 Å². The molecule has 0 atom stereocenters. The second-order valence-corrected chi connectivity index (χ2v) is 4.21. The van der Waals surface area contributed by atoms with Gasteiger partial charge in [0.05, 0.1) is 0 Å². The lowest BCUT2D eigenvalue weighted by atomic mass is 9.94. The van der Waals surface area contributed by atoms with Crippen LogP contribution in [0.15, 0.2) is 46.6 Å². The maximum absolute atomic E-state index is 6.24. The smallest absolute Gasteiger partial charge is 0.0469 e. The van der Waals surface area contributed by atoms with Crippen LogP contribution in [0.3, 0.4) is 0 Å². The summed E-state index contributed by atoms with van der Waals surface area (Å²) in [5.41, 5.74) is 3.73. The Labute approximate surface area is 91.7 Å². The van der Waals surface area contributed by atoms with Crippen LogP contribution >= 0.6 is 11.6 Å². The zero-order valence-corrected chi connectivity index (χ0v) is 9.69. The lowest BCUT2D eigenvalue weighted by molar-refractivity contribution is 0.792. The molecular weight excluding hydrogens is 192 g/mol. The molecule has 0 fully saturated rings. The number of hydrogen-bond donors (Lipinski definition) is 0. The molecule has 0 aromatic heterocycles. The van der Waals surface area contributed by atoms with Crippen LogP contribution < -0.4 is 0 Å². The van der Waals surface area contributed by atoms with E-state index in [4.69, 9.17) is 11.6 Å². The Morgan fingerprint density at radius 2 is 2.07 bits per heavy atom. The van der Waals surface area contributed by atoms with Crippen LogP contribution in [-0.4, -0.2) is 0 Å². The van der Waals surface area contributed by atoms with Crippen molar-refractivity contribution in [3.8, 4) is 0 Å². The Balaban J connectivity index is 2.95. The van der Waals surface area contributed by atoms with Gasteiger partial charge in [0.2, 0.25) is 0 Å². The van der Waals surface area contributed by atoms with Gasteiger partial charge in [-0.25, -0.2) is 0 Å². The van der Waals surface area contributed by atoms with E-state index in [1.807, 2.05) is 6.08 Å². The van der Waals surface area contributed by atoms with Gasteiger partial charge in [0.25, 0.3) is 0 Å². The molecule has 0 amide bonds. The molecule has 1 aliphatic rings. The van der Waals surface area contributed by atoms with Crippen molar-refractivity contribution >= 4 is 11.6 Å². The normalized spacial score (nSPS) is 19.8. The van der Waals surface area contributed by atoms with Crippen molar-refractivity contribution in [2.75, 3.05) is 0 Å². The van der Waals surface area contributed by atoms with E-state index in [1.165, 1.54) is 23.1 Å². The third-order valence-corrected chi connectivity index (χ3v) is 2.81. The Hall–Kier alpha value is -0.750. The van der Waals surface area contributed by atoms with Gasteiger partial charge >= 0.3 is 0 Å². The summed E-state index contributed by atoms with van der Waals surface area (Å²) in [6, 6.07) is 0. The summed E-state index contributed by atoms with van der Waals surface area (Å²) in [6.45, 7) is 7.96. The molecule has 0 nitrogen and oxygen atoms in total. The van der Waals surface area contributed by atoms with Crippen LogP contribution in [-0.2, 0) is 0 Å². The predicted molar refractivity (Wildman–Crippen MR) is 64.4 cm³/mol. The Bertz CT molecular complexity index is 312. The fourth-order valence-corrected chi connectivity index (χ4v) is 1.84. The molecule has 0 aliphatic heterocycles. The van der Waals surface area contributed by atoms with E-state index in [9.17, 15) is 0 Å². The predicted octanol–water partition coefficient (Wildman–Crippen LogP) is 4.74. The molecule has 0 spiro atoms. The molecule has 1 heteroatoms. The lowest BCUT2D eigenvalue weighted by Crippen LogP contribution is -1.97. The molecule has 0 bridgehead atoms. The number of allylic oxidation sites excluding steroid dienone is 7. The van der Waals surface area contributed by atoms with Gasteiger partial charge in [-0.15, -0.1) is 0 Å². The van der Waals surface area contributed by atoms with E-state index in [1.54, 1.807) is 0 Å². The molecule has 0 N–H and O–H groups in total. The van der Waals surface area contributed by atoms with E-state index in [-0.39, 0.29) is 0 Å². The van der Waals surface area contributed by atoms with Gasteiger partial charge in [0, 0.05) is 5.03 Å². The summed E-state index contributed by atoms with van der Waals surface area (Å²) in [7, 11) is 0. The van der Waals surface area contributed by atoms with Gasteiger partial charge in [-0.3, -0.25) is 0 Å². The zero-order valence-electron chi connectivity index (χ0n) is 8.94. The third-order valence-electron chi connectivity index (χ3n) is 2.32. The van der Waals surface area contributed by atoms with Gasteiger partial charge < -0.3 is 0 Å². The summed E-state index contributed by atoms with van der Waals surface area (Å²) < 4.78 is 0. The van der Waals surface area contributed by atoms with Crippen LogP contribution in [0.2, 0.25) is 0 Å². The van der Waals surface area contributed by atoms with Crippen molar-refractivity contribution in [3.05, 3.63) is 46.6 Å². The summed E-state index contributed by atoms with van der Waals surface area (Å²) in [6.07, 6.45) is 9.44. The Kier molecular flexibility index (Phi) is 4.21. The first kappa shape index (κ1) is 11.3. The van der Waals surface area contributed by atoms with Crippen molar-refractivity contribution < 1.29 is 0 Å². The maximum atomic E-state index is 6.24. The summed E-state index contributed by atoms with van der Waals surface area (Å²) in [5, 5.41) is 0.906. The summed E-state index contributed by atoms with van der Waals surface area (Å²) in [4.78, 5) is 0. The number of halogens is 1. The minimum atomic E-state index is 0.906. The minimum absolute atomic E-state index is 0.906. The Morgan fingerprint density at radius 3 is 2.64 bits per heavy atom. The van der Waals surface area contributed by atoms with Crippen LogP contribution in [0.4, 0.5) is 0 Å². The van der Waals surface area contributed by atoms with E-state index in [2.05, 4.69) is 32.6 Å². The molecule has 0 aromatic carbocycles. The highest BCUT2D eigenvalue weighted by Gasteiger charge is 2.12. The van der Waals surface area contributed by atoms with Crippen LogP contribution in [0.1, 0.15) is 33.1 Å². The number of hydrogen-bond acceptors (Lipinski definition) is 0. The first-order valence-corrected chi connectivity index (χ1v) is 5.38. The second kappa shape index (κ2) is 5.21. The molecule has 0 unspecified atom stereocenters. The van der Waals surface area contributed by atoms with Gasteiger partial charge in [-0.1, -0.05) is 42.0 Å². The minimum Gasteiger partial charge on any atom is -0.0987 e. The zero-order chi connectivity index (χ0) is 10.6. The molecular formula is C13H17Cl. The number of rotatable bonds is 2. The quantitative estimate of drug-likeness (QED) is 0.615. The lowest BCUT2D eigenvalue weighted by Gasteiger charge is -2.16. The van der Waals surface area contributed by atoms with Gasteiger partial charge in [0.15, 0.2) is 0 Å². The highest BCUT2D eigenvalue weighted by Crippen LogP contribution is 2.32. The van der Waals surface area contributed by atoms with Gasteiger partial charge in [-0.05, 0) is 44.3 Å². The summed E-state index contributed by atoms with van der Waals surface area (Å²) in [5.74, 6) is 0. The highest BCUT2D eigenvalue weighted by atomic mass is 35.5. The average Bonchev–Trinajstić information content (AvgIpc) is 2.16. The van der Waals surface area contributed by atoms with E-state index >= 15 is 0 Å². The molecule has 0 saturated carbocycles. The molecule has 76 valence electrons. The average molecular weight is 209 g/mol. The Morgan fingerprint density at radius 1 is 1.36 bits per heavy atom. The first-order valence-electron chi connectivity index (χ1n) is 5.00. The molecule has 0 aromatic rings. The van der Waals surface area contributed by atoms with Crippen LogP contribution in [0, 0.1) is 0 Å². The SMILES string of the molecule is C=CC1=C(Cl)/C(=C/C=C(C)C)CCC1.